The van der Waals surface area contributed by atoms with Crippen LogP contribution in [0.3, 0.4) is 0 Å². The van der Waals surface area contributed by atoms with Crippen LogP contribution in [0.2, 0.25) is 0 Å². The number of hydrogen-bond acceptors (Lipinski definition) is 5. The Morgan fingerprint density at radius 1 is 1.31 bits per heavy atom. The van der Waals surface area contributed by atoms with Crippen molar-refractivity contribution in [2.75, 3.05) is 13.1 Å². The van der Waals surface area contributed by atoms with Gasteiger partial charge in [0.15, 0.2) is 0 Å². The van der Waals surface area contributed by atoms with Crippen LogP contribution in [0.1, 0.15) is 54.3 Å². The molecule has 0 spiro atoms. The van der Waals surface area contributed by atoms with Crippen molar-refractivity contribution in [2.24, 2.45) is 0 Å². The Balaban J connectivity index is 1.41. The van der Waals surface area contributed by atoms with Crippen LogP contribution in [-0.2, 0) is 11.3 Å². The van der Waals surface area contributed by atoms with Crippen molar-refractivity contribution >= 4 is 17.0 Å². The number of pyridine rings is 1. The molecular weight excluding hydrogens is 380 g/mol. The van der Waals surface area contributed by atoms with E-state index in [1.54, 1.807) is 11.6 Å². The first-order valence-corrected chi connectivity index (χ1v) is 9.75. The minimum Gasteiger partial charge on any atom is -0.343 e. The van der Waals surface area contributed by atoms with Crippen molar-refractivity contribution in [1.29, 1.82) is 0 Å². The fraction of sp³-hybridized carbons (Fsp3) is 0.500. The largest absolute Gasteiger partial charge is 0.343 e. The summed E-state index contributed by atoms with van der Waals surface area (Å²) in [5, 5.41) is 8.36. The number of rotatable bonds is 5. The molecule has 3 aromatic rings. The first-order chi connectivity index (χ1) is 13.9. The molecule has 0 bridgehead atoms. The van der Waals surface area contributed by atoms with Crippen LogP contribution in [0, 0.1) is 13.8 Å². The fourth-order valence-corrected chi connectivity index (χ4v) is 3.91. The number of carbonyl (C=O) groups is 1. The molecule has 7 nitrogen and oxygen atoms in total. The Kier molecular flexibility index (Phi) is 5.29. The van der Waals surface area contributed by atoms with Gasteiger partial charge in [-0.15, -0.1) is 0 Å². The van der Waals surface area contributed by atoms with E-state index in [-0.39, 0.29) is 23.1 Å². The lowest BCUT2D eigenvalue weighted by Crippen LogP contribution is -2.38. The molecule has 4 heterocycles. The highest BCUT2D eigenvalue weighted by molar-refractivity contribution is 5.80. The highest BCUT2D eigenvalue weighted by atomic mass is 19.3. The number of alkyl halides is 2. The lowest BCUT2D eigenvalue weighted by Gasteiger charge is -2.32. The zero-order chi connectivity index (χ0) is 20.5. The average molecular weight is 403 g/mol. The van der Waals surface area contributed by atoms with Crippen molar-refractivity contribution in [3.8, 4) is 0 Å². The molecule has 0 aliphatic carbocycles. The number of piperidine rings is 1. The van der Waals surface area contributed by atoms with Gasteiger partial charge in [0.25, 0.3) is 12.1 Å². The Morgan fingerprint density at radius 3 is 2.72 bits per heavy atom. The molecule has 9 heteroatoms. The van der Waals surface area contributed by atoms with E-state index in [1.807, 2.05) is 24.1 Å². The van der Waals surface area contributed by atoms with Gasteiger partial charge in [-0.3, -0.25) is 9.48 Å². The second-order valence-electron chi connectivity index (χ2n) is 7.51. The predicted octanol–water partition coefficient (Wildman–Crippen LogP) is 3.77. The molecular formula is C20H23F2N5O2. The highest BCUT2D eigenvalue weighted by Gasteiger charge is 2.27. The summed E-state index contributed by atoms with van der Waals surface area (Å²) in [5.74, 6) is 0.0965. The monoisotopic (exact) mass is 403 g/mol. The van der Waals surface area contributed by atoms with E-state index in [1.165, 1.54) is 6.07 Å². The van der Waals surface area contributed by atoms with Gasteiger partial charge >= 0.3 is 0 Å². The van der Waals surface area contributed by atoms with Gasteiger partial charge in [-0.25, -0.2) is 13.8 Å². The normalized spacial score (nSPS) is 15.6. The number of fused-ring (bicyclic) bond motifs is 1. The van der Waals surface area contributed by atoms with Crippen LogP contribution < -0.4 is 0 Å². The summed E-state index contributed by atoms with van der Waals surface area (Å²) < 4.78 is 34.0. The number of carbonyl (C=O) groups excluding carboxylic acids is 1. The number of aryl methyl sites for hydroxylation is 3. The summed E-state index contributed by atoms with van der Waals surface area (Å²) in [6, 6.07) is 3.38. The van der Waals surface area contributed by atoms with E-state index < -0.39 is 6.43 Å². The smallest absolute Gasteiger partial charge is 0.264 e. The van der Waals surface area contributed by atoms with Crippen LogP contribution in [0.4, 0.5) is 8.78 Å². The Morgan fingerprint density at radius 2 is 2.07 bits per heavy atom. The highest BCUT2D eigenvalue weighted by Crippen LogP contribution is 2.34. The van der Waals surface area contributed by atoms with Gasteiger partial charge in [0.1, 0.15) is 0 Å². The van der Waals surface area contributed by atoms with Gasteiger partial charge in [-0.05, 0) is 38.8 Å². The molecule has 29 heavy (non-hydrogen) atoms. The van der Waals surface area contributed by atoms with Crippen LogP contribution in [-0.4, -0.2) is 43.8 Å². The number of aromatic nitrogens is 4. The predicted molar refractivity (Wildman–Crippen MR) is 102 cm³/mol. The first kappa shape index (κ1) is 19.5. The summed E-state index contributed by atoms with van der Waals surface area (Å²) in [4.78, 5) is 18.8. The number of likely N-dealkylation sites (tertiary alicyclic amines) is 1. The number of halogens is 2. The number of amides is 1. The van der Waals surface area contributed by atoms with Crippen LogP contribution in [0.5, 0.6) is 0 Å². The Hall–Kier alpha value is -2.84. The molecule has 1 fully saturated rings. The maximum absolute atomic E-state index is 13.5. The zero-order valence-corrected chi connectivity index (χ0v) is 16.4. The van der Waals surface area contributed by atoms with E-state index in [0.29, 0.717) is 55.7 Å². The maximum Gasteiger partial charge on any atom is 0.264 e. The molecule has 1 aliphatic rings. The van der Waals surface area contributed by atoms with Crippen molar-refractivity contribution in [2.45, 2.75) is 52.0 Å². The second kappa shape index (κ2) is 7.88. The van der Waals surface area contributed by atoms with Gasteiger partial charge in [0.2, 0.25) is 5.91 Å². The standard InChI is InChI=1S/C20H23F2N5O2/c1-12-3-9-27(24-12)10-6-17(28)26-7-4-14(5-8-26)16-11-15(19(21)22)18-13(2)25-29-20(18)23-16/h3,9,11,14,19H,4-8,10H2,1-2H3. The molecule has 1 amide bonds. The quantitative estimate of drug-likeness (QED) is 0.648. The van der Waals surface area contributed by atoms with E-state index >= 15 is 0 Å². The van der Waals surface area contributed by atoms with Crippen LogP contribution >= 0.6 is 0 Å². The van der Waals surface area contributed by atoms with E-state index in [0.717, 1.165) is 5.69 Å². The molecule has 1 aliphatic heterocycles. The summed E-state index contributed by atoms with van der Waals surface area (Å²) in [6.07, 6.45) is 0.998. The lowest BCUT2D eigenvalue weighted by atomic mass is 9.91. The maximum atomic E-state index is 13.5. The molecule has 0 saturated carbocycles. The van der Waals surface area contributed by atoms with Gasteiger partial charge in [0, 0.05) is 49.4 Å². The lowest BCUT2D eigenvalue weighted by molar-refractivity contribution is -0.132. The zero-order valence-electron chi connectivity index (χ0n) is 16.4. The minimum atomic E-state index is -2.62. The molecule has 0 aromatic carbocycles. The summed E-state index contributed by atoms with van der Waals surface area (Å²) in [7, 11) is 0. The second-order valence-corrected chi connectivity index (χ2v) is 7.51. The van der Waals surface area contributed by atoms with Crippen molar-refractivity contribution in [3.63, 3.8) is 0 Å². The molecule has 0 radical (unpaired) electrons. The number of hydrogen-bond donors (Lipinski definition) is 0. The SMILES string of the molecule is Cc1ccn(CCC(=O)N2CCC(c3cc(C(F)F)c4c(C)noc4n3)CC2)n1. The molecule has 0 unspecified atom stereocenters. The third-order valence-corrected chi connectivity index (χ3v) is 5.50. The average Bonchev–Trinajstić information content (AvgIpc) is 3.31. The fourth-order valence-electron chi connectivity index (χ4n) is 3.91. The van der Waals surface area contributed by atoms with E-state index in [4.69, 9.17) is 4.52 Å². The van der Waals surface area contributed by atoms with Gasteiger partial charge in [-0.2, -0.15) is 5.10 Å². The summed E-state index contributed by atoms with van der Waals surface area (Å²) in [5.41, 5.74) is 2.00. The molecule has 1 saturated heterocycles. The molecule has 0 atom stereocenters. The molecule has 154 valence electrons. The number of nitrogens with zero attached hydrogens (tertiary/aromatic N) is 5. The summed E-state index contributed by atoms with van der Waals surface area (Å²) >= 11 is 0. The van der Waals surface area contributed by atoms with Gasteiger partial charge in [0.05, 0.1) is 16.8 Å². The molecule has 0 N–H and O–H groups in total. The third-order valence-electron chi connectivity index (χ3n) is 5.50. The molecule has 4 rings (SSSR count). The van der Waals surface area contributed by atoms with Crippen LogP contribution in [0.25, 0.3) is 11.1 Å². The van der Waals surface area contributed by atoms with Crippen molar-refractivity contribution in [1.82, 2.24) is 24.8 Å². The van der Waals surface area contributed by atoms with E-state index in [2.05, 4.69) is 15.2 Å². The van der Waals surface area contributed by atoms with Crippen molar-refractivity contribution in [3.05, 3.63) is 41.0 Å². The van der Waals surface area contributed by atoms with Crippen molar-refractivity contribution < 1.29 is 18.1 Å². The first-order valence-electron chi connectivity index (χ1n) is 9.75. The Bertz CT molecular complexity index is 1020. The third kappa shape index (κ3) is 3.99. The molecule has 3 aromatic heterocycles. The minimum absolute atomic E-state index is 0.0140. The van der Waals surface area contributed by atoms with Crippen LogP contribution in [0.15, 0.2) is 22.9 Å². The topological polar surface area (TPSA) is 77.0 Å². The van der Waals surface area contributed by atoms with Gasteiger partial charge < -0.3 is 9.42 Å². The van der Waals surface area contributed by atoms with Gasteiger partial charge in [-0.1, -0.05) is 5.16 Å². The summed E-state index contributed by atoms with van der Waals surface area (Å²) in [6.45, 7) is 5.26. The Labute approximate surface area is 166 Å². The van der Waals surface area contributed by atoms with E-state index in [9.17, 15) is 13.6 Å².